The Kier molecular flexibility index (Phi) is 10.9. The van der Waals surface area contributed by atoms with E-state index in [1.807, 2.05) is 64.1 Å². The minimum absolute atomic E-state index is 0. The molecule has 7 rings (SSSR count). The van der Waals surface area contributed by atoms with Crippen LogP contribution < -0.4 is 4.40 Å². The van der Waals surface area contributed by atoms with E-state index < -0.39 is 25.1 Å². The molecule has 49 heavy (non-hydrogen) atoms. The summed E-state index contributed by atoms with van der Waals surface area (Å²) in [4.78, 5) is 9.15. The van der Waals surface area contributed by atoms with Crippen LogP contribution in [0.2, 0.25) is 17.3 Å². The molecule has 2 nitrogen and oxygen atoms in total. The van der Waals surface area contributed by atoms with Crippen molar-refractivity contribution >= 4 is 49.2 Å². The summed E-state index contributed by atoms with van der Waals surface area (Å²) >= 11 is -0.0398. The Hall–Kier alpha value is -3.41. The second kappa shape index (κ2) is 15.6. The number of rotatable bonds is 6. The van der Waals surface area contributed by atoms with Gasteiger partial charge in [-0.2, -0.15) is 11.3 Å². The van der Waals surface area contributed by atoms with Gasteiger partial charge in [0.05, 0.1) is 0 Å². The van der Waals surface area contributed by atoms with E-state index in [2.05, 4.69) is 113 Å². The fraction of sp³-hybridized carbons (Fsp3) is 0.227. The van der Waals surface area contributed by atoms with Crippen LogP contribution in [-0.2, 0) is 20.1 Å². The maximum atomic E-state index is 8.82. The first-order valence-electron chi connectivity index (χ1n) is 17.5. The molecule has 0 amide bonds. The SMILES string of the molecule is Cc1cc(-c2[c-]cccc2)nc[c]1[Ge]([CH3])([CH3])[CH3].[2H]C(C)(C)c1ccnc(-c2[c-]cc3c(c2)sc2c(C([2H])(C)C)cc(-c4ccccc4)cc23)c1.[Ir]. The van der Waals surface area contributed by atoms with Gasteiger partial charge in [-0.1, -0.05) is 81.1 Å². The predicted molar refractivity (Wildman–Crippen MR) is 211 cm³/mol. The third-order valence-corrected chi connectivity index (χ3v) is 14.4. The third kappa shape index (κ3) is 8.32. The summed E-state index contributed by atoms with van der Waals surface area (Å²) in [5.41, 5.74) is 9.49. The number of nitrogens with zero attached hydrogens (tertiary/aromatic N) is 2. The molecule has 7 aromatic rings. The van der Waals surface area contributed by atoms with E-state index in [4.69, 9.17) is 2.74 Å². The van der Waals surface area contributed by atoms with Crippen LogP contribution in [0.25, 0.3) is 53.8 Å². The van der Waals surface area contributed by atoms with E-state index >= 15 is 0 Å². The number of benzene rings is 4. The molecule has 1 radical (unpaired) electrons. The van der Waals surface area contributed by atoms with Crippen molar-refractivity contribution in [3.05, 3.63) is 138 Å². The zero-order valence-corrected chi connectivity index (χ0v) is 34.8. The van der Waals surface area contributed by atoms with Crippen molar-refractivity contribution < 1.29 is 22.8 Å². The number of aromatic nitrogens is 2. The minimum atomic E-state index is -1.77. The second-order valence-corrected chi connectivity index (χ2v) is 25.5. The molecule has 0 N–H and O–H groups in total. The van der Waals surface area contributed by atoms with E-state index in [1.54, 1.807) is 17.5 Å². The average Bonchev–Trinajstić information content (AvgIpc) is 3.45. The van der Waals surface area contributed by atoms with E-state index in [9.17, 15) is 0 Å². The van der Waals surface area contributed by atoms with Crippen LogP contribution in [0.4, 0.5) is 0 Å². The summed E-state index contributed by atoms with van der Waals surface area (Å²) in [5.74, 6) is 5.81. The molecule has 0 fully saturated rings. The van der Waals surface area contributed by atoms with E-state index in [1.165, 1.54) is 15.3 Å². The summed E-state index contributed by atoms with van der Waals surface area (Å²) in [7, 11) is 0. The van der Waals surface area contributed by atoms with E-state index in [-0.39, 0.29) is 20.1 Å². The van der Waals surface area contributed by atoms with Crippen molar-refractivity contribution in [1.82, 2.24) is 9.97 Å². The first-order chi connectivity index (χ1) is 23.6. The molecule has 0 spiro atoms. The van der Waals surface area contributed by atoms with Crippen LogP contribution in [0, 0.1) is 19.1 Å². The Bertz CT molecular complexity index is 2280. The predicted octanol–water partition coefficient (Wildman–Crippen LogP) is 12.2. The summed E-state index contributed by atoms with van der Waals surface area (Å²) < 4.78 is 21.0. The molecule has 0 atom stereocenters. The fourth-order valence-electron chi connectivity index (χ4n) is 6.06. The molecule has 3 aromatic heterocycles. The third-order valence-electron chi connectivity index (χ3n) is 8.67. The molecule has 0 saturated carbocycles. The van der Waals surface area contributed by atoms with Crippen LogP contribution >= 0.6 is 11.3 Å². The van der Waals surface area contributed by atoms with Crippen molar-refractivity contribution in [2.45, 2.75) is 63.7 Å². The summed E-state index contributed by atoms with van der Waals surface area (Å²) in [6, 6.07) is 39.7. The molecule has 251 valence electrons. The number of thiophene rings is 1. The van der Waals surface area contributed by atoms with Crippen molar-refractivity contribution in [3.63, 3.8) is 0 Å². The van der Waals surface area contributed by atoms with E-state index in [0.717, 1.165) is 59.6 Å². The minimum Gasteiger partial charge on any atom is -0.305 e. The topological polar surface area (TPSA) is 25.8 Å². The van der Waals surface area contributed by atoms with Crippen molar-refractivity contribution in [3.8, 4) is 33.6 Å². The van der Waals surface area contributed by atoms with Crippen LogP contribution in [-0.4, -0.2) is 23.2 Å². The number of hydrogen-bond donors (Lipinski definition) is 0. The molecule has 5 heteroatoms. The van der Waals surface area contributed by atoms with Crippen molar-refractivity contribution in [2.75, 3.05) is 0 Å². The zero-order valence-electron chi connectivity index (χ0n) is 31.5. The van der Waals surface area contributed by atoms with Gasteiger partial charge in [0, 0.05) is 33.7 Å². The normalized spacial score (nSPS) is 12.5. The Morgan fingerprint density at radius 3 is 2.12 bits per heavy atom. The fourth-order valence-corrected chi connectivity index (χ4v) is 11.0. The zero-order chi connectivity index (χ0) is 35.8. The quantitative estimate of drug-likeness (QED) is 0.123. The molecule has 0 aliphatic rings. The van der Waals surface area contributed by atoms with Gasteiger partial charge in [-0.3, -0.25) is 0 Å². The Labute approximate surface area is 315 Å². The largest absolute Gasteiger partial charge is 0.305 e. The molecule has 0 aliphatic carbocycles. The van der Waals surface area contributed by atoms with Gasteiger partial charge in [0.1, 0.15) is 0 Å². The van der Waals surface area contributed by atoms with Gasteiger partial charge in [-0.25, -0.2) is 0 Å². The number of fused-ring (bicyclic) bond motifs is 3. The molecular formula is C44H44GeIrN2S-2. The van der Waals surface area contributed by atoms with Crippen LogP contribution in [0.15, 0.2) is 109 Å². The van der Waals surface area contributed by atoms with E-state index in [0.29, 0.717) is 0 Å². The molecule has 0 bridgehead atoms. The van der Waals surface area contributed by atoms with Gasteiger partial charge >= 0.3 is 106 Å². The first kappa shape index (κ1) is 34.1. The molecule has 4 aromatic carbocycles. The van der Waals surface area contributed by atoms with Gasteiger partial charge < -0.3 is 4.98 Å². The monoisotopic (exact) mass is 901 g/mol. The van der Waals surface area contributed by atoms with Crippen LogP contribution in [0.5, 0.6) is 0 Å². The summed E-state index contributed by atoms with van der Waals surface area (Å²) in [6.45, 7) is 9.88. The molecular weight excluding hydrogens is 853 g/mol. The Morgan fingerprint density at radius 1 is 0.735 bits per heavy atom. The van der Waals surface area contributed by atoms with Gasteiger partial charge in [-0.15, -0.1) is 23.8 Å². The standard InChI is InChI=1S/C29H26NS.C15H18GeN.Ir/c1-18(2)21-12-13-30-27(16-21)22-10-11-24-26-15-23(20-8-6-5-7-9-20)14-25(19(3)4)29(26)31-28(24)17-22;1-12-10-15(13-8-6-5-7-9-13)17-11-14(12)16(2,3)4;/h5-9,11-19H,1-4H3;5-8,10-11H,1-4H3;/q2*-1;/i18D,19D;;. The van der Waals surface area contributed by atoms with Crippen molar-refractivity contribution in [1.29, 1.82) is 0 Å². The van der Waals surface area contributed by atoms with Gasteiger partial charge in [0.2, 0.25) is 0 Å². The molecule has 0 unspecified atom stereocenters. The first-order valence-corrected chi connectivity index (χ1v) is 24.6. The van der Waals surface area contributed by atoms with Gasteiger partial charge in [0.25, 0.3) is 0 Å². The smallest absolute Gasteiger partial charge is 0.0347 e. The Morgan fingerprint density at radius 2 is 1.47 bits per heavy atom. The molecule has 0 saturated heterocycles. The number of pyridine rings is 2. The summed E-state index contributed by atoms with van der Waals surface area (Å²) in [5, 5.41) is 2.32. The summed E-state index contributed by atoms with van der Waals surface area (Å²) in [6.07, 6.45) is 3.85. The number of aryl methyl sites for hydroxylation is 1. The average molecular weight is 900 g/mol. The Balaban J connectivity index is 0.000000237. The second-order valence-electron chi connectivity index (χ2n) is 13.8. The van der Waals surface area contributed by atoms with Crippen molar-refractivity contribution in [2.24, 2.45) is 0 Å². The van der Waals surface area contributed by atoms with Crippen LogP contribution in [0.3, 0.4) is 0 Å². The molecule has 3 heterocycles. The molecule has 0 aliphatic heterocycles. The van der Waals surface area contributed by atoms with Gasteiger partial charge in [-0.05, 0) is 56.4 Å². The maximum Gasteiger partial charge on any atom is 0.0347 e. The maximum absolute atomic E-state index is 8.82. The number of hydrogen-bond acceptors (Lipinski definition) is 3. The van der Waals surface area contributed by atoms with Crippen LogP contribution in [0.1, 0.15) is 58.9 Å². The van der Waals surface area contributed by atoms with Gasteiger partial charge in [0.15, 0.2) is 0 Å².